The minimum absolute atomic E-state index is 0.258. The summed E-state index contributed by atoms with van der Waals surface area (Å²) in [6, 6.07) is 10.4. The smallest absolute Gasteiger partial charge is 0.144 e. The van der Waals surface area contributed by atoms with Crippen molar-refractivity contribution in [1.29, 1.82) is 0 Å². The zero-order chi connectivity index (χ0) is 18.9. The van der Waals surface area contributed by atoms with E-state index in [9.17, 15) is 5.11 Å². The van der Waals surface area contributed by atoms with Gasteiger partial charge in [0.2, 0.25) is 0 Å². The van der Waals surface area contributed by atoms with Gasteiger partial charge in [-0.05, 0) is 49.9 Å². The van der Waals surface area contributed by atoms with Crippen molar-refractivity contribution in [2.75, 3.05) is 46.4 Å². The molecule has 1 aromatic rings. The van der Waals surface area contributed by atoms with Crippen LogP contribution in [-0.2, 0) is 4.84 Å². The highest BCUT2D eigenvalue weighted by molar-refractivity contribution is 6.03. The lowest BCUT2D eigenvalue weighted by atomic mass is 10.0. The van der Waals surface area contributed by atoms with E-state index in [2.05, 4.69) is 52.3 Å². The van der Waals surface area contributed by atoms with Crippen LogP contribution < -0.4 is 0 Å². The molecule has 0 amide bonds. The first-order chi connectivity index (χ1) is 13.2. The molecule has 2 fully saturated rings. The molecule has 1 saturated heterocycles. The lowest BCUT2D eigenvalue weighted by Crippen LogP contribution is -2.47. The molecule has 5 heteroatoms. The number of β-amino-alcohol motifs (C(OH)–C–C–N with tert-alkyl or cyclic N) is 1. The Balaban J connectivity index is 1.54. The molecule has 1 N–H and O–H groups in total. The molecule has 27 heavy (non-hydrogen) atoms. The molecule has 1 saturated carbocycles. The summed E-state index contributed by atoms with van der Waals surface area (Å²) in [7, 11) is 2.14. The van der Waals surface area contributed by atoms with Gasteiger partial charge in [-0.25, -0.2) is 0 Å². The van der Waals surface area contributed by atoms with Gasteiger partial charge in [0.25, 0.3) is 0 Å². The second-order valence-electron chi connectivity index (χ2n) is 7.73. The number of likely N-dealkylation sites (N-methyl/N-ethyl adjacent to an activating group) is 1. The molecule has 2 aliphatic rings. The van der Waals surface area contributed by atoms with Gasteiger partial charge in [-0.15, -0.1) is 0 Å². The van der Waals surface area contributed by atoms with Gasteiger partial charge in [-0.1, -0.05) is 41.9 Å². The van der Waals surface area contributed by atoms with Gasteiger partial charge >= 0.3 is 0 Å². The third-order valence-electron chi connectivity index (χ3n) is 5.38. The summed E-state index contributed by atoms with van der Waals surface area (Å²) >= 11 is 0. The van der Waals surface area contributed by atoms with Crippen molar-refractivity contribution in [1.82, 2.24) is 9.80 Å². The summed E-state index contributed by atoms with van der Waals surface area (Å²) in [5.74, 6) is 0. The molecule has 148 valence electrons. The number of nitrogens with zero attached hydrogens (tertiary/aromatic N) is 3. The Morgan fingerprint density at radius 2 is 1.81 bits per heavy atom. The molecule has 5 nitrogen and oxygen atoms in total. The zero-order valence-electron chi connectivity index (χ0n) is 16.5. The van der Waals surface area contributed by atoms with Gasteiger partial charge in [-0.2, -0.15) is 0 Å². The van der Waals surface area contributed by atoms with Crippen LogP contribution in [0.4, 0.5) is 0 Å². The lowest BCUT2D eigenvalue weighted by molar-refractivity contribution is 0.0107. The highest BCUT2D eigenvalue weighted by atomic mass is 16.6. The SMILES string of the molecule is CN1CCN(C[C@H](O)CO/N=C2\CCCCC\C2=C/c2ccccc2)CC1. The summed E-state index contributed by atoms with van der Waals surface area (Å²) in [4.78, 5) is 10.2. The van der Waals surface area contributed by atoms with Gasteiger partial charge in [0, 0.05) is 32.7 Å². The molecule has 0 unspecified atom stereocenters. The van der Waals surface area contributed by atoms with Crippen molar-refractivity contribution >= 4 is 11.8 Å². The van der Waals surface area contributed by atoms with Crippen LogP contribution in [0.15, 0.2) is 41.1 Å². The Hall–Kier alpha value is -1.69. The minimum atomic E-state index is -0.495. The van der Waals surface area contributed by atoms with Crippen molar-refractivity contribution in [2.24, 2.45) is 5.16 Å². The maximum absolute atomic E-state index is 10.3. The van der Waals surface area contributed by atoms with Gasteiger partial charge in [0.05, 0.1) is 5.71 Å². The fraction of sp³-hybridized carbons (Fsp3) is 0.591. The number of rotatable bonds is 6. The van der Waals surface area contributed by atoms with Crippen LogP contribution in [0.3, 0.4) is 0 Å². The monoisotopic (exact) mass is 371 g/mol. The molecule has 1 atom stereocenters. The molecule has 1 aliphatic heterocycles. The van der Waals surface area contributed by atoms with E-state index in [4.69, 9.17) is 4.84 Å². The summed E-state index contributed by atoms with van der Waals surface area (Å²) in [6.07, 6.45) is 7.31. The highest BCUT2D eigenvalue weighted by Crippen LogP contribution is 2.23. The van der Waals surface area contributed by atoms with Crippen molar-refractivity contribution in [3.63, 3.8) is 0 Å². The minimum Gasteiger partial charge on any atom is -0.393 e. The molecule has 1 aromatic carbocycles. The Morgan fingerprint density at radius 1 is 1.07 bits per heavy atom. The molecular weight excluding hydrogens is 338 g/mol. The Bertz CT molecular complexity index is 622. The number of oxime groups is 1. The van der Waals surface area contributed by atoms with Crippen molar-refractivity contribution in [3.8, 4) is 0 Å². The van der Waals surface area contributed by atoms with Crippen LogP contribution in [0, 0.1) is 0 Å². The predicted octanol–water partition coefficient (Wildman–Crippen LogP) is 3.02. The predicted molar refractivity (Wildman–Crippen MR) is 111 cm³/mol. The van der Waals surface area contributed by atoms with E-state index in [0.717, 1.165) is 51.2 Å². The second kappa shape index (κ2) is 10.6. The normalized spacial score (nSPS) is 24.1. The number of aliphatic hydroxyl groups excluding tert-OH is 1. The molecule has 0 spiro atoms. The zero-order valence-corrected chi connectivity index (χ0v) is 16.5. The first kappa shape index (κ1) is 20.1. The van der Waals surface area contributed by atoms with Crippen molar-refractivity contribution < 1.29 is 9.94 Å². The summed E-state index contributed by atoms with van der Waals surface area (Å²) in [6.45, 7) is 5.05. The topological polar surface area (TPSA) is 48.3 Å². The quantitative estimate of drug-likeness (QED) is 0.617. The van der Waals surface area contributed by atoms with Crippen LogP contribution in [0.5, 0.6) is 0 Å². The van der Waals surface area contributed by atoms with Crippen LogP contribution in [-0.4, -0.2) is 73.1 Å². The maximum Gasteiger partial charge on any atom is 0.144 e. The molecular formula is C22H33N3O2. The fourth-order valence-corrected chi connectivity index (χ4v) is 3.68. The van der Waals surface area contributed by atoms with E-state index in [1.165, 1.54) is 24.0 Å². The first-order valence-electron chi connectivity index (χ1n) is 10.2. The Morgan fingerprint density at radius 3 is 2.59 bits per heavy atom. The molecule has 0 radical (unpaired) electrons. The first-order valence-corrected chi connectivity index (χ1v) is 10.2. The largest absolute Gasteiger partial charge is 0.393 e. The number of allylic oxidation sites excluding steroid dienone is 1. The molecule has 3 rings (SSSR count). The van der Waals surface area contributed by atoms with Gasteiger partial charge in [-0.3, -0.25) is 4.90 Å². The lowest BCUT2D eigenvalue weighted by Gasteiger charge is -2.33. The Labute approximate surface area is 163 Å². The van der Waals surface area contributed by atoms with E-state index in [1.54, 1.807) is 0 Å². The number of benzene rings is 1. The second-order valence-corrected chi connectivity index (χ2v) is 7.73. The van der Waals surface area contributed by atoms with Gasteiger partial charge < -0.3 is 14.8 Å². The summed E-state index contributed by atoms with van der Waals surface area (Å²) in [5, 5.41) is 14.7. The van der Waals surface area contributed by atoms with Gasteiger partial charge in [0.1, 0.15) is 12.7 Å². The summed E-state index contributed by atoms with van der Waals surface area (Å²) < 4.78 is 0. The van der Waals surface area contributed by atoms with Crippen molar-refractivity contribution in [2.45, 2.75) is 38.2 Å². The van der Waals surface area contributed by atoms with Crippen LogP contribution in [0.25, 0.3) is 6.08 Å². The van der Waals surface area contributed by atoms with E-state index in [1.807, 2.05) is 6.07 Å². The van der Waals surface area contributed by atoms with E-state index < -0.39 is 6.10 Å². The van der Waals surface area contributed by atoms with Gasteiger partial charge in [0.15, 0.2) is 0 Å². The van der Waals surface area contributed by atoms with E-state index in [-0.39, 0.29) is 6.61 Å². The molecule has 1 heterocycles. The fourth-order valence-electron chi connectivity index (χ4n) is 3.68. The van der Waals surface area contributed by atoms with E-state index >= 15 is 0 Å². The van der Waals surface area contributed by atoms with Crippen LogP contribution in [0.2, 0.25) is 0 Å². The standard InChI is InChI=1S/C22H33N3O2/c1-24-12-14-25(15-13-24)17-21(26)18-27-23-22-11-7-3-6-10-20(22)16-19-8-4-2-5-9-19/h2,4-5,8-9,16,21,26H,3,6-7,10-15,17-18H2,1H3/b20-16+,23-22+/t21-/m0/s1. The maximum atomic E-state index is 10.3. The third kappa shape index (κ3) is 6.76. The third-order valence-corrected chi connectivity index (χ3v) is 5.38. The molecule has 0 aromatic heterocycles. The number of piperazine rings is 1. The number of hydrogen-bond acceptors (Lipinski definition) is 5. The average molecular weight is 372 g/mol. The number of aliphatic hydroxyl groups is 1. The van der Waals surface area contributed by atoms with Crippen molar-refractivity contribution in [3.05, 3.63) is 41.5 Å². The number of hydrogen-bond donors (Lipinski definition) is 1. The Kier molecular flexibility index (Phi) is 7.87. The summed E-state index contributed by atoms with van der Waals surface area (Å²) in [5.41, 5.74) is 3.52. The van der Waals surface area contributed by atoms with Crippen LogP contribution in [0.1, 0.15) is 37.7 Å². The van der Waals surface area contributed by atoms with Crippen LogP contribution >= 0.6 is 0 Å². The van der Waals surface area contributed by atoms with E-state index in [0.29, 0.717) is 6.54 Å². The highest BCUT2D eigenvalue weighted by Gasteiger charge is 2.18. The molecule has 1 aliphatic carbocycles. The molecule has 0 bridgehead atoms. The average Bonchev–Trinajstić information content (AvgIpc) is 2.90.